The first kappa shape index (κ1) is 17.7. The van der Waals surface area contributed by atoms with Crippen LogP contribution in [-0.2, 0) is 10.0 Å². The van der Waals surface area contributed by atoms with Crippen LogP contribution in [0, 0.1) is 19.7 Å². The van der Waals surface area contributed by atoms with E-state index in [1.165, 1.54) is 24.3 Å². The topological polar surface area (TPSA) is 62.0 Å². The number of anilines is 1. The Morgan fingerprint density at radius 3 is 2.32 bits per heavy atom. The Hall–Kier alpha value is -2.12. The summed E-state index contributed by atoms with van der Waals surface area (Å²) in [6, 6.07) is 10.7. The number of nitrogens with one attached hydrogen (secondary N) is 2. The zero-order valence-corrected chi connectivity index (χ0v) is 16.0. The summed E-state index contributed by atoms with van der Waals surface area (Å²) in [5.41, 5.74) is 3.98. The molecule has 0 saturated heterocycles. The molecule has 0 atom stereocenters. The summed E-state index contributed by atoms with van der Waals surface area (Å²) in [6.07, 6.45) is 1.91. The molecule has 0 saturated carbocycles. The van der Waals surface area contributed by atoms with Crippen molar-refractivity contribution in [3.05, 3.63) is 70.2 Å². The van der Waals surface area contributed by atoms with Gasteiger partial charge in [0.2, 0.25) is 0 Å². The van der Waals surface area contributed by atoms with E-state index in [-0.39, 0.29) is 10.6 Å². The van der Waals surface area contributed by atoms with Gasteiger partial charge in [0, 0.05) is 21.9 Å². The van der Waals surface area contributed by atoms with Gasteiger partial charge in [-0.3, -0.25) is 4.72 Å². The Morgan fingerprint density at radius 1 is 1.08 bits per heavy atom. The summed E-state index contributed by atoms with van der Waals surface area (Å²) in [7, 11) is -3.87. The van der Waals surface area contributed by atoms with Crippen molar-refractivity contribution < 1.29 is 12.8 Å². The van der Waals surface area contributed by atoms with E-state index in [0.717, 1.165) is 22.4 Å². The number of aryl methyl sites for hydroxylation is 2. The first-order valence-corrected chi connectivity index (χ1v) is 9.78. The molecule has 3 aromatic rings. The van der Waals surface area contributed by atoms with Crippen molar-refractivity contribution in [2.45, 2.75) is 18.7 Å². The molecule has 2 N–H and O–H groups in total. The molecule has 1 aromatic heterocycles. The number of sulfonamides is 1. The first-order chi connectivity index (χ1) is 11.8. The van der Waals surface area contributed by atoms with Crippen LogP contribution in [0.1, 0.15) is 11.3 Å². The van der Waals surface area contributed by atoms with Gasteiger partial charge in [-0.15, -0.1) is 0 Å². The van der Waals surface area contributed by atoms with Gasteiger partial charge in [-0.2, -0.15) is 0 Å². The Balaban J connectivity index is 1.91. The maximum absolute atomic E-state index is 13.9. The van der Waals surface area contributed by atoms with E-state index in [9.17, 15) is 12.8 Å². The molecule has 0 spiro atoms. The van der Waals surface area contributed by atoms with Crippen LogP contribution in [0.25, 0.3) is 11.1 Å². The van der Waals surface area contributed by atoms with Crippen molar-refractivity contribution in [3.63, 3.8) is 0 Å². The van der Waals surface area contributed by atoms with Gasteiger partial charge in [-0.25, -0.2) is 12.8 Å². The molecule has 0 aliphatic heterocycles. The molecule has 7 heteroatoms. The fourth-order valence-electron chi connectivity index (χ4n) is 2.68. The SMILES string of the molecule is Cc1c[nH]c(C)c1-c1ccc(S(=O)(=O)Nc2ccc(Br)cc2F)cc1. The first-order valence-electron chi connectivity index (χ1n) is 7.51. The fourth-order valence-corrected chi connectivity index (χ4v) is 4.08. The minimum absolute atomic E-state index is 0.0735. The van der Waals surface area contributed by atoms with Gasteiger partial charge in [0.25, 0.3) is 10.0 Å². The van der Waals surface area contributed by atoms with Crippen molar-refractivity contribution in [1.82, 2.24) is 4.98 Å². The van der Waals surface area contributed by atoms with E-state index in [4.69, 9.17) is 0 Å². The second-order valence-corrected chi connectivity index (χ2v) is 8.32. The highest BCUT2D eigenvalue weighted by molar-refractivity contribution is 9.10. The van der Waals surface area contributed by atoms with Gasteiger partial charge in [-0.05, 0) is 55.3 Å². The number of aromatic nitrogens is 1. The van der Waals surface area contributed by atoms with E-state index in [1.54, 1.807) is 18.2 Å². The molecule has 25 heavy (non-hydrogen) atoms. The number of hydrogen-bond acceptors (Lipinski definition) is 2. The number of aromatic amines is 1. The molecule has 2 aromatic carbocycles. The third-order valence-corrected chi connectivity index (χ3v) is 5.78. The van der Waals surface area contributed by atoms with Crippen LogP contribution in [0.3, 0.4) is 0 Å². The van der Waals surface area contributed by atoms with Gasteiger partial charge in [-0.1, -0.05) is 28.1 Å². The third-order valence-electron chi connectivity index (χ3n) is 3.90. The van der Waals surface area contributed by atoms with E-state index in [0.29, 0.717) is 4.47 Å². The van der Waals surface area contributed by atoms with Crippen LogP contribution in [0.5, 0.6) is 0 Å². The number of benzene rings is 2. The maximum atomic E-state index is 13.9. The van der Waals surface area contributed by atoms with Gasteiger partial charge >= 0.3 is 0 Å². The lowest BCUT2D eigenvalue weighted by atomic mass is 10.0. The normalized spacial score (nSPS) is 11.5. The Labute approximate surface area is 154 Å². The molecular formula is C18H16BrFN2O2S. The van der Waals surface area contributed by atoms with E-state index in [2.05, 4.69) is 25.6 Å². The molecule has 4 nitrogen and oxygen atoms in total. The molecule has 3 rings (SSSR count). The van der Waals surface area contributed by atoms with Crippen molar-refractivity contribution in [2.75, 3.05) is 4.72 Å². The Morgan fingerprint density at radius 2 is 1.76 bits per heavy atom. The van der Waals surface area contributed by atoms with Crippen LogP contribution in [0.2, 0.25) is 0 Å². The molecule has 130 valence electrons. The molecule has 0 radical (unpaired) electrons. The summed E-state index contributed by atoms with van der Waals surface area (Å²) in [5.74, 6) is -0.645. The maximum Gasteiger partial charge on any atom is 0.261 e. The predicted molar refractivity (Wildman–Crippen MR) is 101 cm³/mol. The fraction of sp³-hybridized carbons (Fsp3) is 0.111. The molecule has 0 aliphatic rings. The number of hydrogen-bond donors (Lipinski definition) is 2. The zero-order chi connectivity index (χ0) is 18.2. The number of H-pyrrole nitrogens is 1. The zero-order valence-electron chi connectivity index (χ0n) is 13.6. The second kappa shape index (κ2) is 6.65. The van der Waals surface area contributed by atoms with Gasteiger partial charge in [0.05, 0.1) is 10.6 Å². The highest BCUT2D eigenvalue weighted by Gasteiger charge is 2.17. The largest absolute Gasteiger partial charge is 0.364 e. The summed E-state index contributed by atoms with van der Waals surface area (Å²) in [5, 5.41) is 0. The number of rotatable bonds is 4. The third kappa shape index (κ3) is 3.62. The van der Waals surface area contributed by atoms with Crippen molar-refractivity contribution in [1.29, 1.82) is 0 Å². The van der Waals surface area contributed by atoms with Crippen LogP contribution < -0.4 is 4.72 Å². The quantitative estimate of drug-likeness (QED) is 0.621. The van der Waals surface area contributed by atoms with Crippen molar-refractivity contribution in [2.24, 2.45) is 0 Å². The standard InChI is InChI=1S/C18H16BrFN2O2S/c1-11-10-21-12(2)18(11)13-3-6-15(7-4-13)25(23,24)22-17-8-5-14(19)9-16(17)20/h3-10,21-22H,1-2H3. The minimum Gasteiger partial charge on any atom is -0.364 e. The minimum atomic E-state index is -3.87. The monoisotopic (exact) mass is 422 g/mol. The lowest BCUT2D eigenvalue weighted by Gasteiger charge is -2.10. The average Bonchev–Trinajstić information content (AvgIpc) is 2.89. The average molecular weight is 423 g/mol. The van der Waals surface area contributed by atoms with Gasteiger partial charge < -0.3 is 4.98 Å². The van der Waals surface area contributed by atoms with E-state index < -0.39 is 15.8 Å². The van der Waals surface area contributed by atoms with Crippen molar-refractivity contribution >= 4 is 31.6 Å². The second-order valence-electron chi connectivity index (χ2n) is 5.73. The molecular weight excluding hydrogens is 407 g/mol. The lowest BCUT2D eigenvalue weighted by molar-refractivity contribution is 0.598. The summed E-state index contributed by atoms with van der Waals surface area (Å²) < 4.78 is 41.6. The van der Waals surface area contributed by atoms with E-state index in [1.807, 2.05) is 20.0 Å². The highest BCUT2D eigenvalue weighted by atomic mass is 79.9. The van der Waals surface area contributed by atoms with Crippen LogP contribution in [0.15, 0.2) is 58.0 Å². The predicted octanol–water partition coefficient (Wildman–Crippen LogP) is 5.00. The van der Waals surface area contributed by atoms with Crippen LogP contribution >= 0.6 is 15.9 Å². The van der Waals surface area contributed by atoms with Crippen LogP contribution in [0.4, 0.5) is 10.1 Å². The molecule has 0 amide bonds. The molecule has 0 unspecified atom stereocenters. The lowest BCUT2D eigenvalue weighted by Crippen LogP contribution is -2.13. The van der Waals surface area contributed by atoms with E-state index >= 15 is 0 Å². The van der Waals surface area contributed by atoms with Crippen molar-refractivity contribution in [3.8, 4) is 11.1 Å². The van der Waals surface area contributed by atoms with Gasteiger partial charge in [0.1, 0.15) is 5.82 Å². The highest BCUT2D eigenvalue weighted by Crippen LogP contribution is 2.28. The summed E-state index contributed by atoms with van der Waals surface area (Å²) in [6.45, 7) is 3.95. The molecule has 1 heterocycles. The Bertz CT molecular complexity index is 1010. The number of halogens is 2. The van der Waals surface area contributed by atoms with Crippen LogP contribution in [-0.4, -0.2) is 13.4 Å². The Kier molecular flexibility index (Phi) is 4.71. The molecule has 0 aliphatic carbocycles. The smallest absolute Gasteiger partial charge is 0.261 e. The summed E-state index contributed by atoms with van der Waals surface area (Å²) >= 11 is 3.14. The molecule has 0 fully saturated rings. The summed E-state index contributed by atoms with van der Waals surface area (Å²) in [4.78, 5) is 3.22. The van der Waals surface area contributed by atoms with Gasteiger partial charge in [0.15, 0.2) is 0 Å². The molecule has 0 bridgehead atoms.